The van der Waals surface area contributed by atoms with Gasteiger partial charge in [-0.25, -0.2) is 4.98 Å². The predicted molar refractivity (Wildman–Crippen MR) is 93.9 cm³/mol. The van der Waals surface area contributed by atoms with Crippen LogP contribution in [-0.2, 0) is 0 Å². The summed E-state index contributed by atoms with van der Waals surface area (Å²) >= 11 is 1.45. The molecule has 112 valence electrons. The van der Waals surface area contributed by atoms with E-state index in [1.165, 1.54) is 16.9 Å². The minimum atomic E-state index is 0.205. The molecule has 3 aromatic rings. The molecule has 3 rings (SSSR count). The fourth-order valence-electron chi connectivity index (χ4n) is 2.13. The van der Waals surface area contributed by atoms with Crippen LogP contribution in [0, 0.1) is 18.3 Å². The van der Waals surface area contributed by atoms with Crippen LogP contribution < -0.4 is 0 Å². The highest BCUT2D eigenvalue weighted by atomic mass is 32.1. The standard InChI is InChI=1S/C19H14N2OS/c1-13-2-6-15(7-3-13)18-12-23-19(21-18)16(11-20)10-14-4-8-17(22)9-5-14/h2-10,12,22H,1H3/b16-10+. The highest BCUT2D eigenvalue weighted by Gasteiger charge is 2.09. The van der Waals surface area contributed by atoms with Crippen molar-refractivity contribution in [1.82, 2.24) is 4.98 Å². The summed E-state index contributed by atoms with van der Waals surface area (Å²) in [4.78, 5) is 4.57. The molecule has 0 spiro atoms. The second-order valence-corrected chi connectivity index (χ2v) is 6.02. The Kier molecular flexibility index (Phi) is 4.22. The molecular weight excluding hydrogens is 304 g/mol. The zero-order valence-corrected chi connectivity index (χ0v) is 13.3. The minimum absolute atomic E-state index is 0.205. The zero-order chi connectivity index (χ0) is 16.2. The highest BCUT2D eigenvalue weighted by molar-refractivity contribution is 7.11. The molecule has 3 nitrogen and oxygen atoms in total. The minimum Gasteiger partial charge on any atom is -0.508 e. The van der Waals surface area contributed by atoms with E-state index in [1.807, 2.05) is 36.6 Å². The van der Waals surface area contributed by atoms with E-state index in [9.17, 15) is 10.4 Å². The smallest absolute Gasteiger partial charge is 0.134 e. The van der Waals surface area contributed by atoms with E-state index in [1.54, 1.807) is 30.3 Å². The van der Waals surface area contributed by atoms with Crippen molar-refractivity contribution in [1.29, 1.82) is 5.26 Å². The maximum absolute atomic E-state index is 9.41. The van der Waals surface area contributed by atoms with Crippen LogP contribution in [0.15, 0.2) is 53.9 Å². The van der Waals surface area contributed by atoms with Gasteiger partial charge in [0.2, 0.25) is 0 Å². The predicted octanol–water partition coefficient (Wildman–Crippen LogP) is 4.89. The quantitative estimate of drug-likeness (QED) is 0.700. The fraction of sp³-hybridized carbons (Fsp3) is 0.0526. The fourth-order valence-corrected chi connectivity index (χ4v) is 2.93. The van der Waals surface area contributed by atoms with Gasteiger partial charge in [-0.2, -0.15) is 5.26 Å². The van der Waals surface area contributed by atoms with Crippen LogP contribution in [0.4, 0.5) is 0 Å². The molecule has 0 radical (unpaired) electrons. The lowest BCUT2D eigenvalue weighted by molar-refractivity contribution is 0.475. The first-order valence-electron chi connectivity index (χ1n) is 7.09. The summed E-state index contributed by atoms with van der Waals surface area (Å²) in [7, 11) is 0. The summed E-state index contributed by atoms with van der Waals surface area (Å²) in [5.74, 6) is 0.205. The van der Waals surface area contributed by atoms with Crippen LogP contribution in [0.5, 0.6) is 5.75 Å². The summed E-state index contributed by atoms with van der Waals surface area (Å²) in [6.07, 6.45) is 1.77. The molecule has 2 aromatic carbocycles. The third kappa shape index (κ3) is 3.47. The van der Waals surface area contributed by atoms with Gasteiger partial charge in [-0.1, -0.05) is 42.0 Å². The molecule has 0 unspecified atom stereocenters. The maximum Gasteiger partial charge on any atom is 0.134 e. The Labute approximate surface area is 138 Å². The summed E-state index contributed by atoms with van der Waals surface area (Å²) in [6.45, 7) is 2.05. The molecule has 0 atom stereocenters. The van der Waals surface area contributed by atoms with Crippen molar-refractivity contribution in [3.05, 3.63) is 70.0 Å². The average molecular weight is 318 g/mol. The number of rotatable bonds is 3. The summed E-state index contributed by atoms with van der Waals surface area (Å²) in [5, 5.41) is 21.4. The molecule has 0 bridgehead atoms. The number of phenols is 1. The third-order valence-corrected chi connectivity index (χ3v) is 4.28. The van der Waals surface area contributed by atoms with E-state index < -0.39 is 0 Å². The van der Waals surface area contributed by atoms with Crippen molar-refractivity contribution < 1.29 is 5.11 Å². The van der Waals surface area contributed by atoms with Crippen molar-refractivity contribution >= 4 is 23.0 Å². The van der Waals surface area contributed by atoms with Gasteiger partial charge in [0, 0.05) is 10.9 Å². The van der Waals surface area contributed by atoms with Gasteiger partial charge in [0.15, 0.2) is 0 Å². The summed E-state index contributed by atoms with van der Waals surface area (Å²) < 4.78 is 0. The van der Waals surface area contributed by atoms with E-state index in [0.29, 0.717) is 10.6 Å². The summed E-state index contributed by atoms with van der Waals surface area (Å²) in [5.41, 5.74) is 4.48. The number of hydrogen-bond donors (Lipinski definition) is 1. The Balaban J connectivity index is 1.92. The van der Waals surface area contributed by atoms with Gasteiger partial charge in [-0.3, -0.25) is 0 Å². The lowest BCUT2D eigenvalue weighted by Gasteiger charge is -1.98. The van der Waals surface area contributed by atoms with Gasteiger partial charge < -0.3 is 5.11 Å². The first-order valence-corrected chi connectivity index (χ1v) is 7.97. The van der Waals surface area contributed by atoms with Gasteiger partial charge >= 0.3 is 0 Å². The second-order valence-electron chi connectivity index (χ2n) is 5.17. The third-order valence-electron chi connectivity index (χ3n) is 3.41. The highest BCUT2D eigenvalue weighted by Crippen LogP contribution is 2.27. The Morgan fingerprint density at radius 2 is 1.83 bits per heavy atom. The van der Waals surface area contributed by atoms with Crippen LogP contribution in [0.1, 0.15) is 16.1 Å². The van der Waals surface area contributed by atoms with Gasteiger partial charge in [0.25, 0.3) is 0 Å². The number of nitriles is 1. The average Bonchev–Trinajstić information content (AvgIpc) is 3.05. The molecule has 4 heteroatoms. The van der Waals surface area contributed by atoms with Gasteiger partial charge in [0.1, 0.15) is 16.8 Å². The molecule has 1 heterocycles. The van der Waals surface area contributed by atoms with Crippen molar-refractivity contribution in [2.24, 2.45) is 0 Å². The van der Waals surface area contributed by atoms with Gasteiger partial charge in [-0.05, 0) is 30.7 Å². The van der Waals surface area contributed by atoms with E-state index >= 15 is 0 Å². The Morgan fingerprint density at radius 1 is 1.13 bits per heavy atom. The molecular formula is C19H14N2OS. The SMILES string of the molecule is Cc1ccc(-c2csc(/C(C#N)=C/c3ccc(O)cc3)n2)cc1. The van der Waals surface area contributed by atoms with Crippen LogP contribution in [0.3, 0.4) is 0 Å². The zero-order valence-electron chi connectivity index (χ0n) is 12.5. The molecule has 0 amide bonds. The van der Waals surface area contributed by atoms with E-state index in [-0.39, 0.29) is 5.75 Å². The molecule has 0 aliphatic carbocycles. The number of phenolic OH excluding ortho intramolecular Hbond substituents is 1. The molecule has 23 heavy (non-hydrogen) atoms. The van der Waals surface area contributed by atoms with Crippen molar-refractivity contribution in [3.63, 3.8) is 0 Å². The lowest BCUT2D eigenvalue weighted by atomic mass is 10.1. The van der Waals surface area contributed by atoms with E-state index in [0.717, 1.165) is 16.8 Å². The van der Waals surface area contributed by atoms with Crippen molar-refractivity contribution in [2.45, 2.75) is 6.92 Å². The van der Waals surface area contributed by atoms with Crippen LogP contribution in [0.25, 0.3) is 22.9 Å². The number of aryl methyl sites for hydroxylation is 1. The monoisotopic (exact) mass is 318 g/mol. The Bertz CT molecular complexity index is 884. The van der Waals surface area contributed by atoms with Gasteiger partial charge in [0.05, 0.1) is 11.3 Å². The molecule has 0 saturated carbocycles. The molecule has 0 saturated heterocycles. The number of aromatic nitrogens is 1. The van der Waals surface area contributed by atoms with Gasteiger partial charge in [-0.15, -0.1) is 11.3 Å². The maximum atomic E-state index is 9.41. The second kappa shape index (κ2) is 6.47. The van der Waals surface area contributed by atoms with Crippen molar-refractivity contribution in [3.8, 4) is 23.1 Å². The van der Waals surface area contributed by atoms with Crippen LogP contribution in [-0.4, -0.2) is 10.1 Å². The molecule has 1 N–H and O–H groups in total. The number of nitrogens with zero attached hydrogens (tertiary/aromatic N) is 2. The van der Waals surface area contributed by atoms with Crippen LogP contribution >= 0.6 is 11.3 Å². The number of benzene rings is 2. The topological polar surface area (TPSA) is 56.9 Å². The normalized spacial score (nSPS) is 11.2. The van der Waals surface area contributed by atoms with E-state index in [4.69, 9.17) is 0 Å². The number of aromatic hydroxyl groups is 1. The van der Waals surface area contributed by atoms with E-state index in [2.05, 4.69) is 11.1 Å². The summed E-state index contributed by atoms with van der Waals surface area (Å²) in [6, 6.07) is 17.1. The lowest BCUT2D eigenvalue weighted by Crippen LogP contribution is -1.83. The molecule has 0 fully saturated rings. The van der Waals surface area contributed by atoms with Crippen LogP contribution in [0.2, 0.25) is 0 Å². The number of allylic oxidation sites excluding steroid dienone is 1. The number of thiazole rings is 1. The molecule has 1 aromatic heterocycles. The number of hydrogen-bond acceptors (Lipinski definition) is 4. The Morgan fingerprint density at radius 3 is 2.48 bits per heavy atom. The molecule has 0 aliphatic heterocycles. The van der Waals surface area contributed by atoms with Crippen molar-refractivity contribution in [2.75, 3.05) is 0 Å². The first kappa shape index (κ1) is 15.0. The first-order chi connectivity index (χ1) is 11.2. The largest absolute Gasteiger partial charge is 0.508 e. The molecule has 0 aliphatic rings. The Hall–Kier alpha value is -2.90.